The maximum atomic E-state index is 13.9. The molecule has 19 heavy (non-hydrogen) atoms. The van der Waals surface area contributed by atoms with Gasteiger partial charge in [-0.2, -0.15) is 0 Å². The first-order valence-electron chi connectivity index (χ1n) is 5.76. The lowest BCUT2D eigenvalue weighted by Gasteiger charge is -2.16. The highest BCUT2D eigenvalue weighted by Gasteiger charge is 2.19. The Morgan fingerprint density at radius 3 is 2.42 bits per heavy atom. The fourth-order valence-corrected chi connectivity index (χ4v) is 2.73. The summed E-state index contributed by atoms with van der Waals surface area (Å²) in [6, 6.07) is 7.93. The first-order chi connectivity index (χ1) is 8.91. The van der Waals surface area contributed by atoms with Crippen molar-refractivity contribution < 1.29 is 8.78 Å². The van der Waals surface area contributed by atoms with E-state index in [1.54, 1.807) is 6.92 Å². The highest BCUT2D eigenvalue weighted by molar-refractivity contribution is 9.10. The Morgan fingerprint density at radius 2 is 1.74 bits per heavy atom. The Bertz CT molecular complexity index is 626. The van der Waals surface area contributed by atoms with E-state index in [9.17, 15) is 8.78 Å². The van der Waals surface area contributed by atoms with Gasteiger partial charge in [-0.3, -0.25) is 0 Å². The predicted octanol–water partition coefficient (Wildman–Crippen LogP) is 5.67. The molecule has 0 heterocycles. The zero-order chi connectivity index (χ0) is 14.2. The fraction of sp³-hybridized carbons (Fsp3) is 0.200. The van der Waals surface area contributed by atoms with E-state index in [1.165, 1.54) is 6.07 Å². The van der Waals surface area contributed by atoms with Crippen LogP contribution in [0.25, 0.3) is 0 Å². The number of hydrogen-bond donors (Lipinski definition) is 0. The smallest absolute Gasteiger partial charge is 0.131 e. The van der Waals surface area contributed by atoms with E-state index >= 15 is 0 Å². The lowest BCUT2D eigenvalue weighted by molar-refractivity contribution is 0.568. The Hall–Kier alpha value is -0.930. The zero-order valence-corrected chi connectivity index (χ0v) is 12.8. The summed E-state index contributed by atoms with van der Waals surface area (Å²) in [5.41, 5.74) is 2.43. The summed E-state index contributed by atoms with van der Waals surface area (Å²) < 4.78 is 28.1. The van der Waals surface area contributed by atoms with E-state index in [1.807, 2.05) is 25.1 Å². The monoisotopic (exact) mass is 344 g/mol. The van der Waals surface area contributed by atoms with Crippen LogP contribution < -0.4 is 0 Å². The number of aryl methyl sites for hydroxylation is 1. The maximum absolute atomic E-state index is 13.9. The molecule has 0 nitrogen and oxygen atoms in total. The van der Waals surface area contributed by atoms with Crippen LogP contribution in [0.15, 0.2) is 34.8 Å². The molecule has 0 bridgehead atoms. The third kappa shape index (κ3) is 2.82. The molecule has 0 aliphatic rings. The Kier molecular flexibility index (Phi) is 4.26. The highest BCUT2D eigenvalue weighted by atomic mass is 79.9. The molecule has 1 unspecified atom stereocenters. The summed E-state index contributed by atoms with van der Waals surface area (Å²) in [4.78, 5) is 0. The van der Waals surface area contributed by atoms with Gasteiger partial charge in [0.1, 0.15) is 11.6 Å². The summed E-state index contributed by atoms with van der Waals surface area (Å²) in [5.74, 6) is -1.18. The van der Waals surface area contributed by atoms with Crippen LogP contribution >= 0.6 is 27.5 Å². The van der Waals surface area contributed by atoms with Crippen molar-refractivity contribution in [3.63, 3.8) is 0 Å². The molecule has 2 aromatic rings. The van der Waals surface area contributed by atoms with Gasteiger partial charge in [0, 0.05) is 16.1 Å². The Labute approximate surface area is 124 Å². The van der Waals surface area contributed by atoms with Gasteiger partial charge in [-0.15, -0.1) is 11.6 Å². The van der Waals surface area contributed by atoms with Gasteiger partial charge in [-0.05, 0) is 42.7 Å². The van der Waals surface area contributed by atoms with Crippen LogP contribution in [-0.4, -0.2) is 0 Å². The molecule has 0 spiro atoms. The van der Waals surface area contributed by atoms with Crippen LogP contribution in [0.5, 0.6) is 0 Å². The molecule has 2 aromatic carbocycles. The number of hydrogen-bond acceptors (Lipinski definition) is 0. The van der Waals surface area contributed by atoms with Crippen LogP contribution in [0.3, 0.4) is 0 Å². The Balaban J connectivity index is 2.53. The normalized spacial score (nSPS) is 12.5. The molecule has 0 aromatic heterocycles. The lowest BCUT2D eigenvalue weighted by atomic mass is 9.98. The molecule has 0 radical (unpaired) electrons. The quantitative estimate of drug-likeness (QED) is 0.615. The van der Waals surface area contributed by atoms with Crippen LogP contribution in [0.4, 0.5) is 8.78 Å². The van der Waals surface area contributed by atoms with E-state index in [0.717, 1.165) is 21.7 Å². The molecule has 0 amide bonds. The number of alkyl halides is 1. The van der Waals surface area contributed by atoms with Crippen LogP contribution in [0.1, 0.15) is 27.6 Å². The molecule has 0 aliphatic carbocycles. The molecule has 0 fully saturated rings. The van der Waals surface area contributed by atoms with Gasteiger partial charge in [0.2, 0.25) is 0 Å². The third-order valence-corrected chi connectivity index (χ3v) is 4.46. The topological polar surface area (TPSA) is 0 Å². The van der Waals surface area contributed by atoms with Gasteiger partial charge >= 0.3 is 0 Å². The summed E-state index contributed by atoms with van der Waals surface area (Å²) in [6.45, 7) is 3.50. The summed E-state index contributed by atoms with van der Waals surface area (Å²) in [7, 11) is 0. The molecule has 0 saturated carbocycles. The van der Waals surface area contributed by atoms with Crippen molar-refractivity contribution in [1.29, 1.82) is 0 Å². The average molecular weight is 346 g/mol. The summed E-state index contributed by atoms with van der Waals surface area (Å²) >= 11 is 9.77. The molecular formula is C15H12BrClF2. The van der Waals surface area contributed by atoms with E-state index in [4.69, 9.17) is 11.6 Å². The molecular weight excluding hydrogens is 334 g/mol. The molecule has 0 saturated heterocycles. The van der Waals surface area contributed by atoms with Gasteiger partial charge in [0.25, 0.3) is 0 Å². The van der Waals surface area contributed by atoms with Gasteiger partial charge in [-0.1, -0.05) is 28.1 Å². The number of halogens is 4. The molecule has 2 rings (SSSR count). The van der Waals surface area contributed by atoms with Crippen molar-refractivity contribution in [2.24, 2.45) is 0 Å². The van der Waals surface area contributed by atoms with Crippen molar-refractivity contribution in [2.75, 3.05) is 0 Å². The largest absolute Gasteiger partial charge is 0.207 e. The first kappa shape index (κ1) is 14.5. The second-order valence-corrected chi connectivity index (χ2v) is 5.73. The Morgan fingerprint density at radius 1 is 1.05 bits per heavy atom. The molecule has 100 valence electrons. The van der Waals surface area contributed by atoms with Crippen LogP contribution in [0, 0.1) is 25.5 Å². The van der Waals surface area contributed by atoms with E-state index in [0.29, 0.717) is 11.1 Å². The zero-order valence-electron chi connectivity index (χ0n) is 10.5. The minimum absolute atomic E-state index is 0.293. The lowest BCUT2D eigenvalue weighted by Crippen LogP contribution is -2.02. The van der Waals surface area contributed by atoms with Crippen molar-refractivity contribution in [2.45, 2.75) is 19.2 Å². The van der Waals surface area contributed by atoms with E-state index < -0.39 is 17.0 Å². The highest BCUT2D eigenvalue weighted by Crippen LogP contribution is 2.35. The van der Waals surface area contributed by atoms with Crippen LogP contribution in [0.2, 0.25) is 0 Å². The van der Waals surface area contributed by atoms with Gasteiger partial charge in [0.15, 0.2) is 0 Å². The molecule has 0 aliphatic heterocycles. The summed E-state index contributed by atoms with van der Waals surface area (Å²) in [5, 5.41) is -0.642. The number of benzene rings is 2. The standard InChI is InChI=1S/C15H12BrClF2/c1-8-6-11(14(19)7-13(8)18)15(17)10-4-3-5-12(16)9(10)2/h3-7,15H,1-2H3. The second-order valence-electron chi connectivity index (χ2n) is 4.44. The van der Waals surface area contributed by atoms with Crippen LogP contribution in [-0.2, 0) is 0 Å². The predicted molar refractivity (Wildman–Crippen MR) is 77.7 cm³/mol. The van der Waals surface area contributed by atoms with Gasteiger partial charge in [0.05, 0.1) is 5.38 Å². The van der Waals surface area contributed by atoms with Gasteiger partial charge in [-0.25, -0.2) is 8.78 Å². The number of rotatable bonds is 2. The van der Waals surface area contributed by atoms with E-state index in [-0.39, 0.29) is 0 Å². The SMILES string of the molecule is Cc1cc(C(Cl)c2cccc(Br)c2C)c(F)cc1F. The van der Waals surface area contributed by atoms with Crippen molar-refractivity contribution in [1.82, 2.24) is 0 Å². The first-order valence-corrected chi connectivity index (χ1v) is 6.99. The molecule has 0 N–H and O–H groups in total. The maximum Gasteiger partial charge on any atom is 0.131 e. The molecule has 1 atom stereocenters. The summed E-state index contributed by atoms with van der Waals surface area (Å²) in [6.07, 6.45) is 0. The average Bonchev–Trinajstić information content (AvgIpc) is 2.36. The van der Waals surface area contributed by atoms with Gasteiger partial charge < -0.3 is 0 Å². The van der Waals surface area contributed by atoms with Crippen molar-refractivity contribution in [3.8, 4) is 0 Å². The minimum Gasteiger partial charge on any atom is -0.207 e. The van der Waals surface area contributed by atoms with Crippen molar-refractivity contribution in [3.05, 3.63) is 68.7 Å². The minimum atomic E-state index is -0.642. The van der Waals surface area contributed by atoms with E-state index in [2.05, 4.69) is 15.9 Å². The molecule has 4 heteroatoms. The third-order valence-electron chi connectivity index (χ3n) is 3.13. The fourth-order valence-electron chi connectivity index (χ4n) is 1.94. The second kappa shape index (κ2) is 5.59. The van der Waals surface area contributed by atoms with Crippen molar-refractivity contribution >= 4 is 27.5 Å².